The Morgan fingerprint density at radius 1 is 1.70 bits per heavy atom. The quantitative estimate of drug-likeness (QED) is 0.420. The molecule has 1 aliphatic rings. The number of hydrogen-bond donors (Lipinski definition) is 1. The normalized spacial score (nSPS) is 17.6. The van der Waals surface area contributed by atoms with Crippen LogP contribution in [0.25, 0.3) is 0 Å². The van der Waals surface area contributed by atoms with Crippen molar-refractivity contribution in [2.24, 2.45) is 10.7 Å². The summed E-state index contributed by atoms with van der Waals surface area (Å²) in [6.45, 7) is 0. The van der Waals surface area contributed by atoms with Crippen LogP contribution in [0.15, 0.2) is 16.9 Å². The Labute approximate surface area is 57.4 Å². The van der Waals surface area contributed by atoms with Gasteiger partial charge in [-0.1, -0.05) is 0 Å². The summed E-state index contributed by atoms with van der Waals surface area (Å²) in [5.74, 6) is 0.464. The molecule has 1 aliphatic heterocycles. The summed E-state index contributed by atoms with van der Waals surface area (Å²) < 4.78 is 0. The van der Waals surface area contributed by atoms with E-state index in [1.54, 1.807) is 0 Å². The topological polar surface area (TPSA) is 81.5 Å². The fourth-order valence-corrected chi connectivity index (χ4v) is 0.681. The molecule has 5 heteroatoms. The van der Waals surface area contributed by atoms with Gasteiger partial charge in [0.25, 0.3) is 5.70 Å². The van der Waals surface area contributed by atoms with Gasteiger partial charge in [-0.25, -0.2) is 4.99 Å². The fourth-order valence-electron chi connectivity index (χ4n) is 0.681. The van der Waals surface area contributed by atoms with E-state index in [-0.39, 0.29) is 5.70 Å². The lowest BCUT2D eigenvalue weighted by Gasteiger charge is -2.02. The highest BCUT2D eigenvalue weighted by atomic mass is 16.6. The molecule has 0 fully saturated rings. The third kappa shape index (κ3) is 1.31. The van der Waals surface area contributed by atoms with Crippen molar-refractivity contribution in [3.8, 4) is 0 Å². The zero-order valence-corrected chi connectivity index (χ0v) is 5.28. The van der Waals surface area contributed by atoms with Crippen molar-refractivity contribution < 1.29 is 4.92 Å². The second-order valence-electron chi connectivity index (χ2n) is 2.00. The average molecular weight is 141 g/mol. The Hall–Kier alpha value is -1.39. The number of amidine groups is 1. The number of nitrogens with zero attached hydrogens (tertiary/aromatic N) is 2. The minimum Gasteiger partial charge on any atom is -0.387 e. The van der Waals surface area contributed by atoms with Crippen LogP contribution in [0.4, 0.5) is 0 Å². The molecule has 0 aliphatic carbocycles. The van der Waals surface area contributed by atoms with Crippen molar-refractivity contribution in [3.05, 3.63) is 22.0 Å². The lowest BCUT2D eigenvalue weighted by Crippen LogP contribution is -2.15. The van der Waals surface area contributed by atoms with E-state index in [0.717, 1.165) is 0 Å². The Balaban J connectivity index is 2.74. The molecule has 0 radical (unpaired) electrons. The smallest absolute Gasteiger partial charge is 0.264 e. The van der Waals surface area contributed by atoms with E-state index >= 15 is 0 Å². The minimum absolute atomic E-state index is 0.134. The summed E-state index contributed by atoms with van der Waals surface area (Å²) in [7, 11) is 0. The van der Waals surface area contributed by atoms with E-state index in [2.05, 4.69) is 4.99 Å². The van der Waals surface area contributed by atoms with Crippen LogP contribution in [-0.4, -0.2) is 10.8 Å². The van der Waals surface area contributed by atoms with Gasteiger partial charge >= 0.3 is 0 Å². The average Bonchev–Trinajstić information content (AvgIpc) is 1.88. The molecule has 0 aromatic carbocycles. The second-order valence-corrected chi connectivity index (χ2v) is 2.00. The third-order valence-corrected chi connectivity index (χ3v) is 1.25. The number of rotatable bonds is 1. The standard InChI is InChI=1S/C5H7N3O2/c6-5-2-1-4(3-7-5)8(9)10/h3H,1-2H2,(H2,6,7). The molecule has 0 bridgehead atoms. The predicted molar refractivity (Wildman–Crippen MR) is 35.9 cm³/mol. The second kappa shape index (κ2) is 2.47. The zero-order chi connectivity index (χ0) is 7.56. The van der Waals surface area contributed by atoms with E-state index in [1.807, 2.05) is 0 Å². The maximum absolute atomic E-state index is 10.1. The number of aliphatic imine (C=N–C) groups is 1. The van der Waals surface area contributed by atoms with E-state index in [0.29, 0.717) is 18.7 Å². The van der Waals surface area contributed by atoms with Crippen LogP contribution in [0, 0.1) is 10.1 Å². The highest BCUT2D eigenvalue weighted by Crippen LogP contribution is 2.10. The van der Waals surface area contributed by atoms with Gasteiger partial charge in [-0.2, -0.15) is 0 Å². The first kappa shape index (κ1) is 6.73. The summed E-state index contributed by atoms with van der Waals surface area (Å²) in [6.07, 6.45) is 2.09. The number of hydrogen-bond acceptors (Lipinski definition) is 4. The van der Waals surface area contributed by atoms with Crippen LogP contribution >= 0.6 is 0 Å². The molecule has 2 N–H and O–H groups in total. The van der Waals surface area contributed by atoms with Crippen LogP contribution in [-0.2, 0) is 0 Å². The molecule has 0 atom stereocenters. The molecule has 0 unspecified atom stereocenters. The van der Waals surface area contributed by atoms with Gasteiger partial charge in [-0.05, 0) is 0 Å². The van der Waals surface area contributed by atoms with Gasteiger partial charge in [0.05, 0.1) is 10.8 Å². The first-order chi connectivity index (χ1) is 4.70. The molecule has 0 aromatic heterocycles. The van der Waals surface area contributed by atoms with Crippen LogP contribution in [0.5, 0.6) is 0 Å². The largest absolute Gasteiger partial charge is 0.387 e. The Morgan fingerprint density at radius 2 is 2.40 bits per heavy atom. The molecule has 5 nitrogen and oxygen atoms in total. The molecule has 54 valence electrons. The summed E-state index contributed by atoms with van der Waals surface area (Å²) in [5, 5.41) is 10.1. The van der Waals surface area contributed by atoms with Gasteiger partial charge in [-0.15, -0.1) is 0 Å². The van der Waals surface area contributed by atoms with E-state index < -0.39 is 4.92 Å². The maximum atomic E-state index is 10.1. The molecule has 0 amide bonds. The molecular formula is C5H7N3O2. The van der Waals surface area contributed by atoms with Crippen molar-refractivity contribution in [2.75, 3.05) is 0 Å². The Bertz CT molecular complexity index is 219. The molecule has 1 rings (SSSR count). The molecule has 0 aromatic rings. The Morgan fingerprint density at radius 3 is 2.80 bits per heavy atom. The van der Waals surface area contributed by atoms with Gasteiger partial charge in [0.15, 0.2) is 0 Å². The highest BCUT2D eigenvalue weighted by Gasteiger charge is 2.13. The van der Waals surface area contributed by atoms with Crippen molar-refractivity contribution in [2.45, 2.75) is 12.8 Å². The monoisotopic (exact) mass is 141 g/mol. The van der Waals surface area contributed by atoms with Gasteiger partial charge in [0.1, 0.15) is 6.20 Å². The first-order valence-electron chi connectivity index (χ1n) is 2.86. The lowest BCUT2D eigenvalue weighted by molar-refractivity contribution is -0.428. The molecule has 0 saturated heterocycles. The van der Waals surface area contributed by atoms with Crippen molar-refractivity contribution in [1.29, 1.82) is 0 Å². The van der Waals surface area contributed by atoms with Gasteiger partial charge in [0, 0.05) is 12.8 Å². The first-order valence-corrected chi connectivity index (χ1v) is 2.86. The van der Waals surface area contributed by atoms with Crippen molar-refractivity contribution >= 4 is 5.84 Å². The number of nitrogens with two attached hydrogens (primary N) is 1. The maximum Gasteiger partial charge on any atom is 0.264 e. The van der Waals surface area contributed by atoms with E-state index in [9.17, 15) is 10.1 Å². The number of allylic oxidation sites excluding steroid dienone is 1. The fraction of sp³-hybridized carbons (Fsp3) is 0.400. The SMILES string of the molecule is NC1=NC=C([N+](=O)[O-])CC1. The van der Waals surface area contributed by atoms with Crippen LogP contribution < -0.4 is 5.73 Å². The van der Waals surface area contributed by atoms with E-state index in [1.165, 1.54) is 6.20 Å². The molecule has 0 saturated carbocycles. The van der Waals surface area contributed by atoms with Gasteiger partial charge in [-0.3, -0.25) is 10.1 Å². The predicted octanol–water partition coefficient (Wildman–Crippen LogP) is 0.256. The minimum atomic E-state index is -0.435. The summed E-state index contributed by atoms with van der Waals surface area (Å²) in [4.78, 5) is 13.3. The Kier molecular flexibility index (Phi) is 1.66. The lowest BCUT2D eigenvalue weighted by atomic mass is 10.2. The molecule has 0 spiro atoms. The number of nitro groups is 1. The van der Waals surface area contributed by atoms with Crippen LogP contribution in [0.1, 0.15) is 12.8 Å². The van der Waals surface area contributed by atoms with Crippen molar-refractivity contribution in [3.63, 3.8) is 0 Å². The molecular weight excluding hydrogens is 134 g/mol. The zero-order valence-electron chi connectivity index (χ0n) is 5.28. The summed E-state index contributed by atoms with van der Waals surface area (Å²) in [5.41, 5.74) is 5.41. The van der Waals surface area contributed by atoms with Gasteiger partial charge < -0.3 is 5.73 Å². The third-order valence-electron chi connectivity index (χ3n) is 1.25. The van der Waals surface area contributed by atoms with Gasteiger partial charge in [0.2, 0.25) is 0 Å². The van der Waals surface area contributed by atoms with Crippen LogP contribution in [0.2, 0.25) is 0 Å². The molecule has 10 heavy (non-hydrogen) atoms. The highest BCUT2D eigenvalue weighted by molar-refractivity contribution is 5.81. The van der Waals surface area contributed by atoms with Crippen LogP contribution in [0.3, 0.4) is 0 Å². The summed E-state index contributed by atoms with van der Waals surface area (Å²) >= 11 is 0. The van der Waals surface area contributed by atoms with E-state index in [4.69, 9.17) is 5.73 Å². The molecule has 1 heterocycles. The summed E-state index contributed by atoms with van der Waals surface area (Å²) in [6, 6.07) is 0. The van der Waals surface area contributed by atoms with Crippen molar-refractivity contribution in [1.82, 2.24) is 0 Å².